The number of benzene rings is 2. The summed E-state index contributed by atoms with van der Waals surface area (Å²) in [5, 5.41) is 0.342. The maximum atomic E-state index is 10.9. The van der Waals surface area contributed by atoms with Gasteiger partial charge in [0.15, 0.2) is 11.5 Å². The summed E-state index contributed by atoms with van der Waals surface area (Å²) < 4.78 is 16.9. The summed E-state index contributed by atoms with van der Waals surface area (Å²) >= 11 is 6.19. The Hall–Kier alpha value is -2.20. The Kier molecular flexibility index (Phi) is 7.14. The van der Waals surface area contributed by atoms with Gasteiger partial charge in [-0.1, -0.05) is 37.6 Å². The van der Waals surface area contributed by atoms with Crippen LogP contribution in [0.5, 0.6) is 17.2 Å². The Bertz CT molecular complexity index is 696. The highest BCUT2D eigenvalue weighted by Gasteiger charge is 2.12. The van der Waals surface area contributed by atoms with Crippen molar-refractivity contribution in [1.82, 2.24) is 0 Å². The highest BCUT2D eigenvalue weighted by Crippen LogP contribution is 2.36. The summed E-state index contributed by atoms with van der Waals surface area (Å²) in [5.41, 5.74) is 1.72. The third-order valence-electron chi connectivity index (χ3n) is 3.61. The average molecular weight is 363 g/mol. The number of carbonyl (C=O) groups excluding carboxylic acids is 1. The molecule has 4 nitrogen and oxygen atoms in total. The number of ether oxygens (including phenoxy) is 3. The molecule has 2 aromatic rings. The lowest BCUT2D eigenvalue weighted by molar-refractivity contribution is 0.112. The third-order valence-corrected chi connectivity index (χ3v) is 3.89. The van der Waals surface area contributed by atoms with E-state index in [1.54, 1.807) is 12.1 Å². The van der Waals surface area contributed by atoms with Crippen LogP contribution in [-0.2, 0) is 0 Å². The van der Waals surface area contributed by atoms with Gasteiger partial charge in [-0.15, -0.1) is 0 Å². The first-order valence-electron chi connectivity index (χ1n) is 8.32. The SMILES string of the molecule is CCOc1cc(C=O)cc(Cl)c1OCCOc1ccc(C(C)C)cc1. The first-order chi connectivity index (χ1) is 12.0. The fraction of sp³-hybridized carbons (Fsp3) is 0.350. The van der Waals surface area contributed by atoms with Crippen molar-refractivity contribution in [3.63, 3.8) is 0 Å². The van der Waals surface area contributed by atoms with Crippen LogP contribution in [0.2, 0.25) is 5.02 Å². The topological polar surface area (TPSA) is 44.8 Å². The maximum Gasteiger partial charge on any atom is 0.179 e. The normalized spacial score (nSPS) is 10.6. The molecule has 0 atom stereocenters. The lowest BCUT2D eigenvalue weighted by atomic mass is 10.0. The van der Waals surface area contributed by atoms with E-state index >= 15 is 0 Å². The summed E-state index contributed by atoms with van der Waals surface area (Å²) in [5.74, 6) is 2.16. The Labute approximate surface area is 153 Å². The van der Waals surface area contributed by atoms with Crippen LogP contribution in [0.4, 0.5) is 0 Å². The van der Waals surface area contributed by atoms with E-state index in [-0.39, 0.29) is 0 Å². The first kappa shape index (κ1) is 19.1. The molecule has 0 aliphatic rings. The van der Waals surface area contributed by atoms with Crippen molar-refractivity contribution >= 4 is 17.9 Å². The molecule has 2 aromatic carbocycles. The molecule has 0 saturated heterocycles. The van der Waals surface area contributed by atoms with Crippen molar-refractivity contribution in [2.24, 2.45) is 0 Å². The molecule has 0 aromatic heterocycles. The minimum atomic E-state index is 0.312. The molecule has 0 aliphatic heterocycles. The molecule has 0 radical (unpaired) electrons. The van der Waals surface area contributed by atoms with Crippen LogP contribution >= 0.6 is 11.6 Å². The van der Waals surface area contributed by atoms with E-state index in [2.05, 4.69) is 26.0 Å². The van der Waals surface area contributed by atoms with Crippen LogP contribution in [0.1, 0.15) is 42.6 Å². The Morgan fingerprint density at radius 1 is 1.04 bits per heavy atom. The molecule has 0 fully saturated rings. The zero-order chi connectivity index (χ0) is 18.2. The number of rotatable bonds is 9. The molecule has 134 valence electrons. The van der Waals surface area contributed by atoms with Gasteiger partial charge in [0.05, 0.1) is 11.6 Å². The van der Waals surface area contributed by atoms with E-state index in [9.17, 15) is 4.79 Å². The van der Waals surface area contributed by atoms with Crippen molar-refractivity contribution in [2.45, 2.75) is 26.7 Å². The van der Waals surface area contributed by atoms with Gasteiger partial charge in [-0.25, -0.2) is 0 Å². The Balaban J connectivity index is 1.93. The van der Waals surface area contributed by atoms with Crippen molar-refractivity contribution in [3.8, 4) is 17.2 Å². The zero-order valence-corrected chi connectivity index (χ0v) is 15.5. The summed E-state index contributed by atoms with van der Waals surface area (Å²) in [7, 11) is 0. The highest BCUT2D eigenvalue weighted by atomic mass is 35.5. The molecular formula is C20H23ClO4. The largest absolute Gasteiger partial charge is 0.490 e. The maximum absolute atomic E-state index is 10.9. The predicted octanol–water partition coefficient (Wildman–Crippen LogP) is 5.13. The van der Waals surface area contributed by atoms with E-state index in [1.165, 1.54) is 5.56 Å². The Morgan fingerprint density at radius 2 is 1.72 bits per heavy atom. The summed E-state index contributed by atoms with van der Waals surface area (Å²) in [4.78, 5) is 10.9. The van der Waals surface area contributed by atoms with Crippen LogP contribution in [0.15, 0.2) is 36.4 Å². The molecule has 0 heterocycles. The summed E-state index contributed by atoms with van der Waals surface area (Å²) in [6.45, 7) is 7.30. The zero-order valence-electron chi connectivity index (χ0n) is 14.8. The quantitative estimate of drug-likeness (QED) is 0.458. The predicted molar refractivity (Wildman–Crippen MR) is 99.5 cm³/mol. The van der Waals surface area contributed by atoms with Crippen LogP contribution in [-0.4, -0.2) is 26.1 Å². The molecule has 0 spiro atoms. The summed E-state index contributed by atoms with van der Waals surface area (Å²) in [6.07, 6.45) is 0.724. The Morgan fingerprint density at radius 3 is 2.32 bits per heavy atom. The van der Waals surface area contributed by atoms with Crippen LogP contribution < -0.4 is 14.2 Å². The molecule has 2 rings (SSSR count). The van der Waals surface area contributed by atoms with E-state index < -0.39 is 0 Å². The van der Waals surface area contributed by atoms with E-state index in [4.69, 9.17) is 25.8 Å². The lowest BCUT2D eigenvalue weighted by Gasteiger charge is -2.14. The minimum absolute atomic E-state index is 0.312. The van der Waals surface area contributed by atoms with Gasteiger partial charge in [-0.3, -0.25) is 4.79 Å². The summed E-state index contributed by atoms with van der Waals surface area (Å²) in [6, 6.07) is 11.2. The van der Waals surface area contributed by atoms with Crippen LogP contribution in [0, 0.1) is 0 Å². The fourth-order valence-corrected chi connectivity index (χ4v) is 2.58. The second-order valence-electron chi connectivity index (χ2n) is 5.80. The second-order valence-corrected chi connectivity index (χ2v) is 6.21. The van der Waals surface area contributed by atoms with Crippen molar-refractivity contribution < 1.29 is 19.0 Å². The fourth-order valence-electron chi connectivity index (χ4n) is 2.31. The third kappa shape index (κ3) is 5.40. The van der Waals surface area contributed by atoms with Gasteiger partial charge >= 0.3 is 0 Å². The molecule has 0 saturated carbocycles. The van der Waals surface area contributed by atoms with Gasteiger partial charge in [0.2, 0.25) is 0 Å². The molecule has 0 bridgehead atoms. The number of carbonyl (C=O) groups is 1. The number of hydrogen-bond donors (Lipinski definition) is 0. The number of aldehydes is 1. The highest BCUT2D eigenvalue weighted by molar-refractivity contribution is 6.32. The van der Waals surface area contributed by atoms with E-state index in [0.717, 1.165) is 12.0 Å². The van der Waals surface area contributed by atoms with E-state index in [1.807, 2.05) is 19.1 Å². The molecule has 0 amide bonds. The van der Waals surface area contributed by atoms with E-state index in [0.29, 0.717) is 47.8 Å². The second kappa shape index (κ2) is 9.33. The van der Waals surface area contributed by atoms with Gasteiger partial charge in [0.25, 0.3) is 0 Å². The van der Waals surface area contributed by atoms with Crippen LogP contribution in [0.3, 0.4) is 0 Å². The molecule has 0 unspecified atom stereocenters. The molecule has 25 heavy (non-hydrogen) atoms. The van der Waals surface area contributed by atoms with Gasteiger partial charge in [0, 0.05) is 5.56 Å². The smallest absolute Gasteiger partial charge is 0.179 e. The molecular weight excluding hydrogens is 340 g/mol. The monoisotopic (exact) mass is 362 g/mol. The minimum Gasteiger partial charge on any atom is -0.490 e. The average Bonchev–Trinajstić information content (AvgIpc) is 2.60. The van der Waals surface area contributed by atoms with Gasteiger partial charge < -0.3 is 14.2 Å². The van der Waals surface area contributed by atoms with Crippen molar-refractivity contribution in [2.75, 3.05) is 19.8 Å². The van der Waals surface area contributed by atoms with Gasteiger partial charge in [-0.2, -0.15) is 0 Å². The van der Waals surface area contributed by atoms with Gasteiger partial charge in [-0.05, 0) is 42.7 Å². The number of hydrogen-bond acceptors (Lipinski definition) is 4. The lowest BCUT2D eigenvalue weighted by Crippen LogP contribution is -2.10. The molecule has 5 heteroatoms. The molecule has 0 aliphatic carbocycles. The van der Waals surface area contributed by atoms with Crippen molar-refractivity contribution in [1.29, 1.82) is 0 Å². The van der Waals surface area contributed by atoms with Crippen LogP contribution in [0.25, 0.3) is 0 Å². The molecule has 0 N–H and O–H groups in total. The van der Waals surface area contributed by atoms with Gasteiger partial charge in [0.1, 0.15) is 25.2 Å². The first-order valence-corrected chi connectivity index (χ1v) is 8.70. The standard InChI is InChI=1S/C20H23ClO4/c1-4-23-19-12-15(13-22)11-18(21)20(19)25-10-9-24-17-7-5-16(6-8-17)14(2)3/h5-8,11-14H,4,9-10H2,1-3H3. The van der Waals surface area contributed by atoms with Crippen molar-refractivity contribution in [3.05, 3.63) is 52.5 Å². The number of halogens is 1.